The normalized spacial score (nSPS) is 14.3. The molecule has 0 fully saturated rings. The Labute approximate surface area is 136 Å². The molecule has 1 aliphatic heterocycles. The van der Waals surface area contributed by atoms with Crippen LogP contribution in [-0.2, 0) is 0 Å². The highest BCUT2D eigenvalue weighted by atomic mass is 15.3. The largest absolute Gasteiger partial charge is 0.289 e. The van der Waals surface area contributed by atoms with Crippen LogP contribution in [0.5, 0.6) is 0 Å². The summed E-state index contributed by atoms with van der Waals surface area (Å²) >= 11 is 0. The first-order valence-electron chi connectivity index (χ1n) is 8.01. The molecule has 0 amide bonds. The molecule has 1 aliphatic rings. The van der Waals surface area contributed by atoms with Crippen molar-refractivity contribution in [1.29, 1.82) is 0 Å². The summed E-state index contributed by atoms with van der Waals surface area (Å²) in [5.74, 6) is 1.25. The lowest BCUT2D eigenvalue weighted by Gasteiger charge is -2.13. The fourth-order valence-corrected chi connectivity index (χ4v) is 3.18. The van der Waals surface area contributed by atoms with Crippen molar-refractivity contribution in [2.75, 3.05) is 18.0 Å². The third-order valence-corrected chi connectivity index (χ3v) is 4.23. The molecule has 0 bridgehead atoms. The molecule has 0 radical (unpaired) electrons. The van der Waals surface area contributed by atoms with Gasteiger partial charge in [-0.15, -0.1) is 0 Å². The molecular formula is C21H19N2+. The molecule has 0 saturated carbocycles. The first-order valence-corrected chi connectivity index (χ1v) is 8.01. The van der Waals surface area contributed by atoms with E-state index in [0.29, 0.717) is 0 Å². The number of hydrogen-bond acceptors (Lipinski definition) is 1. The van der Waals surface area contributed by atoms with Gasteiger partial charge >= 0.3 is 0 Å². The Morgan fingerprint density at radius 2 is 1.22 bits per heavy atom. The minimum absolute atomic E-state index is 0.989. The van der Waals surface area contributed by atoms with Crippen molar-refractivity contribution in [3.63, 3.8) is 0 Å². The minimum atomic E-state index is 0.989. The summed E-state index contributed by atoms with van der Waals surface area (Å²) in [5, 5.41) is 0. The highest BCUT2D eigenvalue weighted by molar-refractivity contribution is 6.08. The summed E-state index contributed by atoms with van der Waals surface area (Å²) in [6.07, 6.45) is 0. The van der Waals surface area contributed by atoms with E-state index < -0.39 is 0 Å². The Hall–Kier alpha value is -2.87. The second kappa shape index (κ2) is 6.09. The van der Waals surface area contributed by atoms with E-state index in [9.17, 15) is 0 Å². The van der Waals surface area contributed by atoms with Gasteiger partial charge in [0.05, 0.1) is 5.56 Å². The summed E-state index contributed by atoms with van der Waals surface area (Å²) < 4.78 is 2.41. The van der Waals surface area contributed by atoms with Crippen molar-refractivity contribution in [1.82, 2.24) is 0 Å². The number of nitrogens with zero attached hydrogens (tertiary/aromatic N) is 2. The van der Waals surface area contributed by atoms with Crippen molar-refractivity contribution in [2.24, 2.45) is 0 Å². The lowest BCUT2D eigenvalue weighted by atomic mass is 10.1. The average Bonchev–Trinajstić information content (AvgIpc) is 3.09. The van der Waals surface area contributed by atoms with E-state index >= 15 is 0 Å². The topological polar surface area (TPSA) is 6.25 Å². The molecule has 1 heterocycles. The number of hydrogen-bond donors (Lipinski definition) is 0. The zero-order valence-electron chi connectivity index (χ0n) is 13.0. The highest BCUT2D eigenvalue weighted by Crippen LogP contribution is 2.24. The molecule has 0 aromatic heterocycles. The number of rotatable bonds is 3. The van der Waals surface area contributed by atoms with E-state index in [0.717, 1.165) is 13.1 Å². The van der Waals surface area contributed by atoms with Gasteiger partial charge in [0.2, 0.25) is 0 Å². The maximum absolute atomic E-state index is 2.41. The molecule has 3 aromatic carbocycles. The van der Waals surface area contributed by atoms with E-state index in [1.165, 1.54) is 22.8 Å². The molecule has 0 aliphatic carbocycles. The maximum Gasteiger partial charge on any atom is 0.289 e. The third-order valence-electron chi connectivity index (χ3n) is 4.23. The predicted octanol–water partition coefficient (Wildman–Crippen LogP) is 4.30. The molecule has 2 heteroatoms. The van der Waals surface area contributed by atoms with Gasteiger partial charge in [-0.2, -0.15) is 0 Å². The van der Waals surface area contributed by atoms with Crippen LogP contribution in [0.15, 0.2) is 91.0 Å². The number of benzene rings is 3. The third kappa shape index (κ3) is 2.64. The van der Waals surface area contributed by atoms with Crippen molar-refractivity contribution in [2.45, 2.75) is 0 Å². The Kier molecular flexibility index (Phi) is 3.65. The van der Waals surface area contributed by atoms with Crippen LogP contribution < -0.4 is 4.90 Å². The van der Waals surface area contributed by atoms with Crippen LogP contribution in [0.4, 0.5) is 11.4 Å². The van der Waals surface area contributed by atoms with Crippen LogP contribution in [0.25, 0.3) is 0 Å². The molecule has 3 aromatic rings. The van der Waals surface area contributed by atoms with E-state index in [1.807, 2.05) is 0 Å². The van der Waals surface area contributed by atoms with E-state index in [-0.39, 0.29) is 0 Å². The summed E-state index contributed by atoms with van der Waals surface area (Å²) in [6, 6.07) is 31.9. The monoisotopic (exact) mass is 299 g/mol. The zero-order valence-corrected chi connectivity index (χ0v) is 13.0. The fourth-order valence-electron chi connectivity index (χ4n) is 3.18. The van der Waals surface area contributed by atoms with E-state index in [4.69, 9.17) is 0 Å². The summed E-state index contributed by atoms with van der Waals surface area (Å²) in [6.45, 7) is 1.98. The Morgan fingerprint density at radius 3 is 1.87 bits per heavy atom. The van der Waals surface area contributed by atoms with Crippen LogP contribution in [0, 0.1) is 0 Å². The van der Waals surface area contributed by atoms with Gasteiger partial charge < -0.3 is 0 Å². The van der Waals surface area contributed by atoms with E-state index in [2.05, 4.69) is 100 Å². The molecular weight excluding hydrogens is 280 g/mol. The molecule has 0 atom stereocenters. The first kappa shape index (κ1) is 13.8. The second-order valence-corrected chi connectivity index (χ2v) is 5.66. The Bertz CT molecular complexity index is 808. The molecule has 0 N–H and O–H groups in total. The standard InChI is InChI=1S/C21H19N2/c1-4-10-18(11-5-1)21-22(19-12-6-2-7-13-19)16-17-23(21)20-14-8-3-9-15-20/h1-15H,16-17H2/q+1. The fraction of sp³-hybridized carbons (Fsp3) is 0.0952. The summed E-state index contributed by atoms with van der Waals surface area (Å²) in [4.78, 5) is 2.41. The van der Waals surface area contributed by atoms with Gasteiger partial charge in [-0.05, 0) is 36.4 Å². The van der Waals surface area contributed by atoms with Gasteiger partial charge in [-0.3, -0.25) is 0 Å². The van der Waals surface area contributed by atoms with Gasteiger partial charge in [0.25, 0.3) is 5.84 Å². The smallest absolute Gasteiger partial charge is 0.223 e. The van der Waals surface area contributed by atoms with E-state index in [1.54, 1.807) is 0 Å². The minimum Gasteiger partial charge on any atom is -0.223 e. The first-order chi connectivity index (χ1) is 11.4. The lowest BCUT2D eigenvalue weighted by molar-refractivity contribution is -0.428. The average molecular weight is 299 g/mol. The van der Waals surface area contributed by atoms with Crippen molar-refractivity contribution < 1.29 is 4.58 Å². The van der Waals surface area contributed by atoms with Gasteiger partial charge in [0.15, 0.2) is 0 Å². The van der Waals surface area contributed by atoms with Crippen LogP contribution in [0.1, 0.15) is 5.56 Å². The van der Waals surface area contributed by atoms with Crippen LogP contribution in [-0.4, -0.2) is 23.5 Å². The Morgan fingerprint density at radius 1 is 0.652 bits per heavy atom. The molecule has 23 heavy (non-hydrogen) atoms. The molecule has 112 valence electrons. The van der Waals surface area contributed by atoms with Gasteiger partial charge in [-0.25, -0.2) is 9.48 Å². The molecule has 0 unspecified atom stereocenters. The molecule has 4 rings (SSSR count). The molecule has 0 saturated heterocycles. The van der Waals surface area contributed by atoms with Crippen molar-refractivity contribution in [3.8, 4) is 0 Å². The molecule has 0 spiro atoms. The number of anilines is 1. The second-order valence-electron chi connectivity index (χ2n) is 5.66. The van der Waals surface area contributed by atoms with Gasteiger partial charge in [-0.1, -0.05) is 54.6 Å². The highest BCUT2D eigenvalue weighted by Gasteiger charge is 2.33. The summed E-state index contributed by atoms with van der Waals surface area (Å²) in [5.41, 5.74) is 3.73. The quantitative estimate of drug-likeness (QED) is 0.654. The SMILES string of the molecule is c1ccc(C2=[N+](c3ccccc3)CCN2c2ccccc2)cc1. The molecule has 2 nitrogen and oxygen atoms in total. The lowest BCUT2D eigenvalue weighted by Crippen LogP contribution is -2.29. The number of amidine groups is 1. The predicted molar refractivity (Wildman–Crippen MR) is 95.6 cm³/mol. The van der Waals surface area contributed by atoms with Crippen LogP contribution in [0.2, 0.25) is 0 Å². The Balaban J connectivity index is 1.88. The summed E-state index contributed by atoms with van der Waals surface area (Å²) in [7, 11) is 0. The van der Waals surface area contributed by atoms with Crippen LogP contribution in [0.3, 0.4) is 0 Å². The van der Waals surface area contributed by atoms with Crippen LogP contribution >= 0.6 is 0 Å². The van der Waals surface area contributed by atoms with Gasteiger partial charge in [0, 0.05) is 0 Å². The van der Waals surface area contributed by atoms with Crippen molar-refractivity contribution in [3.05, 3.63) is 96.6 Å². The maximum atomic E-state index is 2.41. The van der Waals surface area contributed by atoms with Crippen molar-refractivity contribution >= 4 is 17.2 Å². The zero-order chi connectivity index (χ0) is 15.5. The number of para-hydroxylation sites is 2. The van der Waals surface area contributed by atoms with Gasteiger partial charge in [0.1, 0.15) is 24.5 Å².